The number of halogens is 3. The second kappa shape index (κ2) is 7.98. The molecule has 5 rings (SSSR count). The first-order valence-electron chi connectivity index (χ1n) is 9.96. The summed E-state index contributed by atoms with van der Waals surface area (Å²) in [5, 5.41) is 1.15. The molecule has 4 aromatic rings. The van der Waals surface area contributed by atoms with Gasteiger partial charge in [-0.25, -0.2) is 9.37 Å². The highest BCUT2D eigenvalue weighted by Crippen LogP contribution is 2.35. The number of carbonyl (C=O) groups is 1. The lowest BCUT2D eigenvalue weighted by molar-refractivity contribution is -0.117. The smallest absolute Gasteiger partial charge is 0.227 e. The number of hydrogen-bond acceptors (Lipinski definition) is 2. The largest absolute Gasteiger partial charge is 0.323 e. The van der Waals surface area contributed by atoms with Crippen molar-refractivity contribution in [1.82, 2.24) is 9.55 Å². The van der Waals surface area contributed by atoms with Crippen molar-refractivity contribution in [1.29, 1.82) is 0 Å². The summed E-state index contributed by atoms with van der Waals surface area (Å²) in [6.07, 6.45) is 0.258. The van der Waals surface area contributed by atoms with E-state index < -0.39 is 5.82 Å². The lowest BCUT2D eigenvalue weighted by Crippen LogP contribution is -2.25. The zero-order chi connectivity index (χ0) is 21.5. The molecule has 2 heterocycles. The van der Waals surface area contributed by atoms with E-state index in [2.05, 4.69) is 4.57 Å². The molecule has 1 atom stereocenters. The van der Waals surface area contributed by atoms with Crippen LogP contribution < -0.4 is 4.90 Å². The van der Waals surface area contributed by atoms with Crippen molar-refractivity contribution < 1.29 is 9.18 Å². The molecule has 1 fully saturated rings. The molecule has 0 N–H and O–H groups in total. The van der Waals surface area contributed by atoms with Gasteiger partial charge in [0.2, 0.25) is 5.91 Å². The number of nitrogens with zero attached hydrogens (tertiary/aromatic N) is 3. The summed E-state index contributed by atoms with van der Waals surface area (Å²) in [4.78, 5) is 19.1. The van der Waals surface area contributed by atoms with E-state index in [0.29, 0.717) is 28.8 Å². The minimum Gasteiger partial charge on any atom is -0.323 e. The highest BCUT2D eigenvalue weighted by atomic mass is 35.5. The van der Waals surface area contributed by atoms with Crippen LogP contribution in [0.4, 0.5) is 10.1 Å². The van der Waals surface area contributed by atoms with Crippen LogP contribution in [-0.4, -0.2) is 22.0 Å². The van der Waals surface area contributed by atoms with Crippen molar-refractivity contribution in [3.05, 3.63) is 94.0 Å². The number of para-hydroxylation sites is 3. The normalized spacial score (nSPS) is 16.4. The lowest BCUT2D eigenvalue weighted by Gasteiger charge is -2.18. The maximum atomic E-state index is 14.3. The average Bonchev–Trinajstić information content (AvgIpc) is 3.32. The molecule has 1 aliphatic rings. The molecule has 1 amide bonds. The van der Waals surface area contributed by atoms with Crippen LogP contribution in [-0.2, 0) is 11.3 Å². The number of aromatic nitrogens is 2. The van der Waals surface area contributed by atoms with E-state index in [0.717, 1.165) is 22.4 Å². The van der Waals surface area contributed by atoms with Gasteiger partial charge in [-0.05, 0) is 36.4 Å². The summed E-state index contributed by atoms with van der Waals surface area (Å²) in [6, 6.07) is 19.6. The first-order chi connectivity index (χ1) is 15.0. The molecule has 0 spiro atoms. The third-order valence-corrected chi connectivity index (χ3v) is 6.40. The molecule has 7 heteroatoms. The summed E-state index contributed by atoms with van der Waals surface area (Å²) >= 11 is 12.9. The van der Waals surface area contributed by atoms with E-state index in [1.807, 2.05) is 30.3 Å². The van der Waals surface area contributed by atoms with Crippen LogP contribution in [0.2, 0.25) is 10.0 Å². The van der Waals surface area contributed by atoms with Crippen LogP contribution in [0.25, 0.3) is 11.0 Å². The minimum absolute atomic E-state index is 0.121. The molecule has 3 aromatic carbocycles. The Labute approximate surface area is 188 Å². The van der Waals surface area contributed by atoms with Gasteiger partial charge in [0.15, 0.2) is 0 Å². The van der Waals surface area contributed by atoms with Crippen LogP contribution in [0, 0.1) is 5.82 Å². The minimum atomic E-state index is -0.409. The maximum Gasteiger partial charge on any atom is 0.227 e. The van der Waals surface area contributed by atoms with E-state index in [1.54, 1.807) is 30.3 Å². The molecular weight excluding hydrogens is 436 g/mol. The Hall–Kier alpha value is -2.89. The van der Waals surface area contributed by atoms with Gasteiger partial charge >= 0.3 is 0 Å². The van der Waals surface area contributed by atoms with Gasteiger partial charge in [0.25, 0.3) is 0 Å². The van der Waals surface area contributed by atoms with Crippen molar-refractivity contribution in [3.8, 4) is 0 Å². The Kier molecular flexibility index (Phi) is 5.16. The molecule has 1 saturated heterocycles. The SMILES string of the molecule is O=C1CC(c2nc3ccccc3n2Cc2c(Cl)cccc2Cl)CN1c1ccccc1F. The number of fused-ring (bicyclic) bond motifs is 1. The van der Waals surface area contributed by atoms with Gasteiger partial charge < -0.3 is 9.47 Å². The number of imidazole rings is 1. The monoisotopic (exact) mass is 453 g/mol. The van der Waals surface area contributed by atoms with E-state index in [9.17, 15) is 9.18 Å². The van der Waals surface area contributed by atoms with E-state index in [-0.39, 0.29) is 18.2 Å². The van der Waals surface area contributed by atoms with Crippen molar-refractivity contribution in [3.63, 3.8) is 0 Å². The fourth-order valence-corrected chi connectivity index (χ4v) is 4.71. The van der Waals surface area contributed by atoms with Gasteiger partial charge in [0.05, 0.1) is 23.3 Å². The van der Waals surface area contributed by atoms with Gasteiger partial charge in [-0.3, -0.25) is 4.79 Å². The molecule has 0 saturated carbocycles. The highest BCUT2D eigenvalue weighted by Gasteiger charge is 2.36. The maximum absolute atomic E-state index is 14.3. The quantitative estimate of drug-likeness (QED) is 0.377. The second-order valence-electron chi connectivity index (χ2n) is 7.60. The molecule has 31 heavy (non-hydrogen) atoms. The van der Waals surface area contributed by atoms with Gasteiger partial charge in [-0.15, -0.1) is 0 Å². The summed E-state index contributed by atoms with van der Waals surface area (Å²) in [5.41, 5.74) is 2.86. The highest BCUT2D eigenvalue weighted by molar-refractivity contribution is 6.36. The standard InChI is InChI=1S/C24H18Cl2FN3O/c25-17-6-5-7-18(26)16(17)14-30-22-11-4-2-9-20(22)28-24(30)15-12-23(31)29(13-15)21-10-3-1-8-19(21)27/h1-11,15H,12-14H2. The van der Waals surface area contributed by atoms with Crippen molar-refractivity contribution in [2.45, 2.75) is 18.9 Å². The molecule has 1 aliphatic heterocycles. The first-order valence-corrected chi connectivity index (χ1v) is 10.7. The third kappa shape index (κ3) is 3.58. The van der Waals surface area contributed by atoms with E-state index >= 15 is 0 Å². The number of benzene rings is 3. The van der Waals surface area contributed by atoms with E-state index in [1.165, 1.54) is 11.0 Å². The number of amides is 1. The van der Waals surface area contributed by atoms with Crippen molar-refractivity contribution in [2.75, 3.05) is 11.4 Å². The fraction of sp³-hybridized carbons (Fsp3) is 0.167. The zero-order valence-electron chi connectivity index (χ0n) is 16.4. The topological polar surface area (TPSA) is 38.1 Å². The average molecular weight is 454 g/mol. The second-order valence-corrected chi connectivity index (χ2v) is 8.42. The predicted octanol–water partition coefficient (Wildman–Crippen LogP) is 6.05. The Morgan fingerprint density at radius 3 is 2.45 bits per heavy atom. The van der Waals surface area contributed by atoms with Crippen LogP contribution in [0.3, 0.4) is 0 Å². The van der Waals surface area contributed by atoms with Crippen molar-refractivity contribution in [2.24, 2.45) is 0 Å². The lowest BCUT2D eigenvalue weighted by atomic mass is 10.1. The number of carbonyl (C=O) groups excluding carboxylic acids is 1. The van der Waals surface area contributed by atoms with Crippen LogP contribution in [0.15, 0.2) is 66.7 Å². The van der Waals surface area contributed by atoms with Crippen LogP contribution in [0.1, 0.15) is 23.7 Å². The molecule has 156 valence electrons. The summed E-state index contributed by atoms with van der Waals surface area (Å²) in [5.74, 6) is 0.0579. The fourth-order valence-electron chi connectivity index (χ4n) is 4.20. The molecule has 4 nitrogen and oxygen atoms in total. The third-order valence-electron chi connectivity index (χ3n) is 5.70. The molecule has 1 unspecified atom stereocenters. The Balaban J connectivity index is 1.57. The molecule has 0 bridgehead atoms. The molecule has 1 aromatic heterocycles. The van der Waals surface area contributed by atoms with Gasteiger partial charge in [-0.2, -0.15) is 0 Å². The first kappa shape index (κ1) is 20.0. The van der Waals surface area contributed by atoms with Crippen molar-refractivity contribution >= 4 is 45.8 Å². The number of anilines is 1. The van der Waals surface area contributed by atoms with Gasteiger partial charge in [0, 0.05) is 34.5 Å². The van der Waals surface area contributed by atoms with Crippen LogP contribution in [0.5, 0.6) is 0 Å². The molecule has 0 aliphatic carbocycles. The van der Waals surface area contributed by atoms with E-state index in [4.69, 9.17) is 28.2 Å². The Bertz CT molecular complexity index is 1280. The van der Waals surface area contributed by atoms with Gasteiger partial charge in [0.1, 0.15) is 11.6 Å². The zero-order valence-corrected chi connectivity index (χ0v) is 17.9. The molecule has 0 radical (unpaired) electrons. The summed E-state index contributed by atoms with van der Waals surface area (Å²) < 4.78 is 16.4. The predicted molar refractivity (Wildman–Crippen MR) is 121 cm³/mol. The van der Waals surface area contributed by atoms with Crippen LogP contribution >= 0.6 is 23.2 Å². The molecular formula is C24H18Cl2FN3O. The Morgan fingerprint density at radius 1 is 0.968 bits per heavy atom. The Morgan fingerprint density at radius 2 is 1.68 bits per heavy atom. The number of rotatable bonds is 4. The van der Waals surface area contributed by atoms with Gasteiger partial charge in [-0.1, -0.05) is 53.5 Å². The number of hydrogen-bond donors (Lipinski definition) is 0. The summed E-state index contributed by atoms with van der Waals surface area (Å²) in [7, 11) is 0. The summed E-state index contributed by atoms with van der Waals surface area (Å²) in [6.45, 7) is 0.790.